The third-order valence-electron chi connectivity index (χ3n) is 4.50. The molecule has 5 heteroatoms. The third-order valence-corrected chi connectivity index (χ3v) is 4.50. The maximum Gasteiger partial charge on any atom is 0.323 e. The highest BCUT2D eigenvalue weighted by molar-refractivity contribution is 5.75. The molecule has 0 aliphatic carbocycles. The number of carbonyl (C=O) groups is 1. The second kappa shape index (κ2) is 9.60. The van der Waals surface area contributed by atoms with Gasteiger partial charge >= 0.3 is 5.97 Å². The number of nitrogens with two attached hydrogens (primary N) is 1. The Morgan fingerprint density at radius 3 is 2.36 bits per heavy atom. The van der Waals surface area contributed by atoms with E-state index < -0.39 is 12.0 Å². The third kappa shape index (κ3) is 5.99. The Morgan fingerprint density at radius 2 is 1.79 bits per heavy atom. The Hall–Kier alpha value is -2.53. The number of rotatable bonds is 8. The molecule has 2 N–H and O–H groups in total. The molecule has 1 unspecified atom stereocenters. The zero-order chi connectivity index (χ0) is 20.7. The molecule has 0 bridgehead atoms. The van der Waals surface area contributed by atoms with Gasteiger partial charge in [-0.25, -0.2) is 0 Å². The van der Waals surface area contributed by atoms with Crippen molar-refractivity contribution in [3.8, 4) is 11.5 Å². The smallest absolute Gasteiger partial charge is 0.323 e. The van der Waals surface area contributed by atoms with E-state index >= 15 is 0 Å². The van der Waals surface area contributed by atoms with Gasteiger partial charge in [-0.05, 0) is 54.2 Å². The van der Waals surface area contributed by atoms with Gasteiger partial charge in [0.15, 0.2) is 0 Å². The second-order valence-corrected chi connectivity index (χ2v) is 7.77. The van der Waals surface area contributed by atoms with Crippen LogP contribution in [0.1, 0.15) is 44.4 Å². The fourth-order valence-electron chi connectivity index (χ4n) is 2.87. The van der Waals surface area contributed by atoms with Crippen LogP contribution in [0.25, 0.3) is 0 Å². The molecule has 0 aromatic heterocycles. The van der Waals surface area contributed by atoms with Gasteiger partial charge in [0.25, 0.3) is 0 Å². The highest BCUT2D eigenvalue weighted by Gasteiger charge is 2.17. The molecule has 2 aromatic rings. The van der Waals surface area contributed by atoms with E-state index in [9.17, 15) is 4.79 Å². The first-order valence-electron chi connectivity index (χ1n) is 9.56. The van der Waals surface area contributed by atoms with Crippen molar-refractivity contribution in [2.24, 2.45) is 5.73 Å². The van der Waals surface area contributed by atoms with Crippen LogP contribution in [0.5, 0.6) is 11.5 Å². The first-order valence-corrected chi connectivity index (χ1v) is 9.56. The highest BCUT2D eigenvalue weighted by Crippen LogP contribution is 2.26. The zero-order valence-electron chi connectivity index (χ0n) is 17.5. The van der Waals surface area contributed by atoms with E-state index in [-0.39, 0.29) is 5.41 Å². The van der Waals surface area contributed by atoms with Crippen LogP contribution in [-0.2, 0) is 28.0 Å². The minimum absolute atomic E-state index is 0.105. The number of carbonyl (C=O) groups excluding carboxylic acids is 1. The summed E-state index contributed by atoms with van der Waals surface area (Å²) in [5.74, 6) is 1.14. The predicted molar refractivity (Wildman–Crippen MR) is 111 cm³/mol. The van der Waals surface area contributed by atoms with Gasteiger partial charge in [0.05, 0.1) is 13.7 Å². The molecule has 0 saturated carbocycles. The number of hydrogen-bond acceptors (Lipinski definition) is 5. The van der Waals surface area contributed by atoms with E-state index in [2.05, 4.69) is 32.9 Å². The lowest BCUT2D eigenvalue weighted by Gasteiger charge is -2.19. The van der Waals surface area contributed by atoms with Gasteiger partial charge in [0, 0.05) is 5.56 Å². The van der Waals surface area contributed by atoms with Crippen molar-refractivity contribution < 1.29 is 19.0 Å². The summed E-state index contributed by atoms with van der Waals surface area (Å²) >= 11 is 0. The molecule has 1 atom stereocenters. The monoisotopic (exact) mass is 385 g/mol. The lowest BCUT2D eigenvalue weighted by molar-refractivity contribution is -0.144. The average molecular weight is 386 g/mol. The van der Waals surface area contributed by atoms with Gasteiger partial charge in [-0.1, -0.05) is 39.0 Å². The fraction of sp³-hybridized carbons (Fsp3) is 0.435. The van der Waals surface area contributed by atoms with E-state index in [1.807, 2.05) is 30.3 Å². The summed E-state index contributed by atoms with van der Waals surface area (Å²) in [5.41, 5.74) is 9.13. The SMILES string of the molecule is CCOC(=O)C(N)Cc1ccc(OC)c(COc2ccc(C(C)(C)C)cc2)c1. The Labute approximate surface area is 167 Å². The van der Waals surface area contributed by atoms with Crippen LogP contribution in [0.15, 0.2) is 42.5 Å². The average Bonchev–Trinajstić information content (AvgIpc) is 2.66. The molecular weight excluding hydrogens is 354 g/mol. The lowest BCUT2D eigenvalue weighted by atomic mass is 9.87. The van der Waals surface area contributed by atoms with Crippen molar-refractivity contribution in [2.75, 3.05) is 13.7 Å². The van der Waals surface area contributed by atoms with Crippen molar-refractivity contribution in [3.05, 3.63) is 59.2 Å². The zero-order valence-corrected chi connectivity index (χ0v) is 17.5. The molecule has 2 aromatic carbocycles. The number of benzene rings is 2. The van der Waals surface area contributed by atoms with Crippen molar-refractivity contribution in [1.82, 2.24) is 0 Å². The summed E-state index contributed by atoms with van der Waals surface area (Å²) in [5, 5.41) is 0. The van der Waals surface area contributed by atoms with Crippen molar-refractivity contribution in [1.29, 1.82) is 0 Å². The van der Waals surface area contributed by atoms with Crippen molar-refractivity contribution in [3.63, 3.8) is 0 Å². The number of esters is 1. The van der Waals surface area contributed by atoms with Crippen LogP contribution >= 0.6 is 0 Å². The molecule has 0 saturated heterocycles. The maximum atomic E-state index is 11.8. The lowest BCUT2D eigenvalue weighted by Crippen LogP contribution is -2.34. The van der Waals surface area contributed by atoms with Crippen LogP contribution in [-0.4, -0.2) is 25.7 Å². The fourth-order valence-corrected chi connectivity index (χ4v) is 2.87. The van der Waals surface area contributed by atoms with Gasteiger partial charge in [0.2, 0.25) is 0 Å². The van der Waals surface area contributed by atoms with Crippen LogP contribution < -0.4 is 15.2 Å². The number of hydrogen-bond donors (Lipinski definition) is 1. The Balaban J connectivity index is 2.08. The van der Waals surface area contributed by atoms with E-state index in [1.165, 1.54) is 5.56 Å². The second-order valence-electron chi connectivity index (χ2n) is 7.77. The molecule has 152 valence electrons. The van der Waals surface area contributed by atoms with Crippen LogP contribution in [0.4, 0.5) is 0 Å². The molecule has 0 radical (unpaired) electrons. The van der Waals surface area contributed by atoms with Crippen molar-refractivity contribution in [2.45, 2.75) is 52.2 Å². The molecule has 0 spiro atoms. The topological polar surface area (TPSA) is 70.8 Å². The summed E-state index contributed by atoms with van der Waals surface area (Å²) in [4.78, 5) is 11.8. The van der Waals surface area contributed by atoms with Gasteiger partial charge in [-0.3, -0.25) is 4.79 Å². The first kappa shape index (κ1) is 21.8. The molecule has 0 aliphatic rings. The largest absolute Gasteiger partial charge is 0.496 e. The van der Waals surface area contributed by atoms with E-state index in [1.54, 1.807) is 14.0 Å². The molecule has 2 rings (SSSR count). The van der Waals surface area contributed by atoms with E-state index in [4.69, 9.17) is 19.9 Å². The predicted octanol–water partition coefficient (Wildman–Crippen LogP) is 4.00. The maximum absolute atomic E-state index is 11.8. The van der Waals surface area contributed by atoms with E-state index in [0.29, 0.717) is 19.6 Å². The minimum Gasteiger partial charge on any atom is -0.496 e. The Morgan fingerprint density at radius 1 is 1.11 bits per heavy atom. The number of ether oxygens (including phenoxy) is 3. The standard InChI is InChI=1S/C23H31NO4/c1-6-27-22(25)20(24)14-16-7-12-21(26-5)17(13-16)15-28-19-10-8-18(9-11-19)23(2,3)4/h7-13,20H,6,14-15,24H2,1-5H3. The normalized spacial score (nSPS) is 12.4. The summed E-state index contributed by atoms with van der Waals surface area (Å²) in [7, 11) is 1.63. The van der Waals surface area contributed by atoms with E-state index in [0.717, 1.165) is 22.6 Å². The minimum atomic E-state index is -0.688. The molecule has 0 heterocycles. The number of methoxy groups -OCH3 is 1. The van der Waals surface area contributed by atoms with Gasteiger partial charge in [0.1, 0.15) is 24.1 Å². The van der Waals surface area contributed by atoms with Gasteiger partial charge in [-0.15, -0.1) is 0 Å². The summed E-state index contributed by atoms with van der Waals surface area (Å²) in [6, 6.07) is 13.2. The summed E-state index contributed by atoms with van der Waals surface area (Å²) < 4.78 is 16.4. The molecule has 0 aliphatic heterocycles. The summed E-state index contributed by atoms with van der Waals surface area (Å²) in [6.45, 7) is 8.99. The van der Waals surface area contributed by atoms with Gasteiger partial charge < -0.3 is 19.9 Å². The molecule has 5 nitrogen and oxygen atoms in total. The van der Waals surface area contributed by atoms with Gasteiger partial charge in [-0.2, -0.15) is 0 Å². The molecule has 0 fully saturated rings. The van der Waals surface area contributed by atoms with Crippen LogP contribution in [0.2, 0.25) is 0 Å². The quantitative estimate of drug-likeness (QED) is 0.696. The molecule has 28 heavy (non-hydrogen) atoms. The Kier molecular flexibility index (Phi) is 7.46. The Bertz CT molecular complexity index is 778. The van der Waals surface area contributed by atoms with Crippen molar-refractivity contribution >= 4 is 5.97 Å². The summed E-state index contributed by atoms with van der Waals surface area (Å²) in [6.07, 6.45) is 0.399. The first-order chi connectivity index (χ1) is 13.2. The molecular formula is C23H31NO4. The van der Waals surface area contributed by atoms with Crippen LogP contribution in [0, 0.1) is 0 Å². The highest BCUT2D eigenvalue weighted by atomic mass is 16.5. The molecule has 0 amide bonds. The van der Waals surface area contributed by atoms with Crippen LogP contribution in [0.3, 0.4) is 0 Å².